The fraction of sp³-hybridized carbons (Fsp3) is 0.471. The van der Waals surface area contributed by atoms with E-state index in [-0.39, 0.29) is 11.0 Å². The first-order chi connectivity index (χ1) is 11.0. The number of aryl methyl sites for hydroxylation is 1. The smallest absolute Gasteiger partial charge is 0.245 e. The number of ether oxygens (including phenoxy) is 1. The highest BCUT2D eigenvalue weighted by Crippen LogP contribution is 2.27. The number of piperidine rings is 1. The predicted molar refractivity (Wildman–Crippen MR) is 89.9 cm³/mol. The number of nitrogens with zero attached hydrogens (tertiary/aromatic N) is 2. The molecule has 1 unspecified atom stereocenters. The first-order valence-electron chi connectivity index (χ1n) is 8.00. The van der Waals surface area contributed by atoms with Gasteiger partial charge in [-0.05, 0) is 38.8 Å². The van der Waals surface area contributed by atoms with Crippen LogP contribution in [0.1, 0.15) is 25.5 Å². The van der Waals surface area contributed by atoms with E-state index in [0.29, 0.717) is 25.2 Å². The van der Waals surface area contributed by atoms with Crippen LogP contribution in [0.15, 0.2) is 35.2 Å². The van der Waals surface area contributed by atoms with E-state index in [2.05, 4.69) is 4.98 Å². The van der Waals surface area contributed by atoms with Crippen molar-refractivity contribution in [2.45, 2.75) is 37.7 Å². The molecule has 0 radical (unpaired) electrons. The van der Waals surface area contributed by atoms with Crippen LogP contribution in [0.2, 0.25) is 0 Å². The van der Waals surface area contributed by atoms with Crippen molar-refractivity contribution in [1.82, 2.24) is 9.29 Å². The van der Waals surface area contributed by atoms with Crippen LogP contribution < -0.4 is 0 Å². The Hall–Kier alpha value is -1.50. The van der Waals surface area contributed by atoms with Crippen LogP contribution in [0.3, 0.4) is 0 Å². The Morgan fingerprint density at radius 3 is 2.91 bits per heavy atom. The SMILES string of the molecule is CCOC1CCCN(S(=O)(=O)c2cccc3ccc(C)nc23)C1. The molecule has 1 aliphatic heterocycles. The van der Waals surface area contributed by atoms with Gasteiger partial charge in [0.05, 0.1) is 11.6 Å². The Labute approximate surface area is 137 Å². The van der Waals surface area contributed by atoms with Crippen molar-refractivity contribution in [3.8, 4) is 0 Å². The Morgan fingerprint density at radius 2 is 2.13 bits per heavy atom. The van der Waals surface area contributed by atoms with Crippen molar-refractivity contribution in [2.24, 2.45) is 0 Å². The molecular formula is C17H22N2O3S. The number of rotatable bonds is 4. The fourth-order valence-corrected chi connectivity index (χ4v) is 4.73. The van der Waals surface area contributed by atoms with Crippen LogP contribution in [-0.2, 0) is 14.8 Å². The summed E-state index contributed by atoms with van der Waals surface area (Å²) in [6.07, 6.45) is 1.71. The van der Waals surface area contributed by atoms with E-state index in [9.17, 15) is 8.42 Å². The van der Waals surface area contributed by atoms with E-state index in [1.807, 2.05) is 32.0 Å². The molecule has 1 atom stereocenters. The third-order valence-corrected chi connectivity index (χ3v) is 6.08. The molecule has 0 saturated carbocycles. The second-order valence-corrected chi connectivity index (χ2v) is 7.77. The number of aromatic nitrogens is 1. The summed E-state index contributed by atoms with van der Waals surface area (Å²) >= 11 is 0. The van der Waals surface area contributed by atoms with Gasteiger partial charge >= 0.3 is 0 Å². The topological polar surface area (TPSA) is 59.5 Å². The lowest BCUT2D eigenvalue weighted by Crippen LogP contribution is -2.43. The Bertz CT molecular complexity index is 803. The second kappa shape index (κ2) is 6.55. The normalized spacial score (nSPS) is 20.0. The zero-order valence-corrected chi connectivity index (χ0v) is 14.3. The number of sulfonamides is 1. The summed E-state index contributed by atoms with van der Waals surface area (Å²) in [5, 5.41) is 0.843. The van der Waals surface area contributed by atoms with E-state index < -0.39 is 10.0 Å². The average Bonchev–Trinajstić information content (AvgIpc) is 2.54. The third kappa shape index (κ3) is 3.24. The average molecular weight is 334 g/mol. The number of para-hydroxylation sites is 1. The Kier molecular flexibility index (Phi) is 4.66. The highest BCUT2D eigenvalue weighted by atomic mass is 32.2. The molecule has 2 aromatic rings. The molecule has 0 N–H and O–H groups in total. The van der Waals surface area contributed by atoms with Gasteiger partial charge in [-0.25, -0.2) is 8.42 Å². The Morgan fingerprint density at radius 1 is 1.30 bits per heavy atom. The molecule has 124 valence electrons. The summed E-state index contributed by atoms with van der Waals surface area (Å²) in [5.41, 5.74) is 1.36. The van der Waals surface area contributed by atoms with E-state index in [4.69, 9.17) is 4.74 Å². The van der Waals surface area contributed by atoms with Crippen LogP contribution in [-0.4, -0.2) is 43.5 Å². The summed E-state index contributed by atoms with van der Waals surface area (Å²) in [6.45, 7) is 5.36. The van der Waals surface area contributed by atoms with E-state index in [1.54, 1.807) is 12.1 Å². The molecular weight excluding hydrogens is 312 g/mol. The monoisotopic (exact) mass is 334 g/mol. The van der Waals surface area contributed by atoms with Gasteiger partial charge in [-0.2, -0.15) is 4.31 Å². The van der Waals surface area contributed by atoms with Crippen molar-refractivity contribution in [3.63, 3.8) is 0 Å². The van der Waals surface area contributed by atoms with Crippen molar-refractivity contribution in [1.29, 1.82) is 0 Å². The molecule has 0 bridgehead atoms. The van der Waals surface area contributed by atoms with E-state index in [0.717, 1.165) is 23.9 Å². The standard InChI is InChI=1S/C17H22N2O3S/c1-3-22-15-7-5-11-19(12-15)23(20,21)16-8-4-6-14-10-9-13(2)18-17(14)16/h4,6,8-10,15H,3,5,7,11-12H2,1-2H3. The minimum atomic E-state index is -3.57. The predicted octanol–water partition coefficient (Wildman–Crippen LogP) is 2.73. The summed E-state index contributed by atoms with van der Waals surface area (Å²) in [5.74, 6) is 0. The van der Waals surface area contributed by atoms with Gasteiger partial charge in [0.25, 0.3) is 0 Å². The van der Waals surface area contributed by atoms with Crippen molar-refractivity contribution < 1.29 is 13.2 Å². The van der Waals surface area contributed by atoms with Gasteiger partial charge in [0.2, 0.25) is 10.0 Å². The highest BCUT2D eigenvalue weighted by molar-refractivity contribution is 7.89. The quantitative estimate of drug-likeness (QED) is 0.862. The molecule has 1 aliphatic rings. The van der Waals surface area contributed by atoms with Crippen LogP contribution in [0.25, 0.3) is 10.9 Å². The lowest BCUT2D eigenvalue weighted by Gasteiger charge is -2.31. The zero-order valence-electron chi connectivity index (χ0n) is 13.5. The number of pyridine rings is 1. The van der Waals surface area contributed by atoms with Crippen LogP contribution in [0.4, 0.5) is 0 Å². The number of hydrogen-bond donors (Lipinski definition) is 0. The van der Waals surface area contributed by atoms with Crippen LogP contribution in [0.5, 0.6) is 0 Å². The fourth-order valence-electron chi connectivity index (χ4n) is 3.06. The molecule has 1 saturated heterocycles. The Balaban J connectivity index is 2.01. The maximum atomic E-state index is 13.1. The summed E-state index contributed by atoms with van der Waals surface area (Å²) in [4.78, 5) is 4.74. The van der Waals surface area contributed by atoms with E-state index in [1.165, 1.54) is 4.31 Å². The molecule has 5 nitrogen and oxygen atoms in total. The number of fused-ring (bicyclic) bond motifs is 1. The second-order valence-electron chi connectivity index (χ2n) is 5.86. The number of hydrogen-bond acceptors (Lipinski definition) is 4. The summed E-state index contributed by atoms with van der Waals surface area (Å²) < 4.78 is 33.4. The van der Waals surface area contributed by atoms with Gasteiger partial charge in [-0.1, -0.05) is 18.2 Å². The maximum Gasteiger partial charge on any atom is 0.245 e. The van der Waals surface area contributed by atoms with Gasteiger partial charge in [0.15, 0.2) is 0 Å². The van der Waals surface area contributed by atoms with E-state index >= 15 is 0 Å². The minimum Gasteiger partial charge on any atom is -0.377 e. The molecule has 1 fully saturated rings. The van der Waals surface area contributed by atoms with Gasteiger partial charge in [0, 0.05) is 30.8 Å². The molecule has 3 rings (SSSR count). The van der Waals surface area contributed by atoms with Gasteiger partial charge in [-0.3, -0.25) is 4.98 Å². The van der Waals surface area contributed by atoms with Crippen LogP contribution >= 0.6 is 0 Å². The zero-order chi connectivity index (χ0) is 16.4. The highest BCUT2D eigenvalue weighted by Gasteiger charge is 2.31. The molecule has 2 heterocycles. The molecule has 23 heavy (non-hydrogen) atoms. The largest absolute Gasteiger partial charge is 0.377 e. The lowest BCUT2D eigenvalue weighted by atomic mass is 10.1. The molecule has 0 spiro atoms. The lowest BCUT2D eigenvalue weighted by molar-refractivity contribution is 0.0265. The summed E-state index contributed by atoms with van der Waals surface area (Å²) in [7, 11) is -3.57. The molecule has 0 amide bonds. The minimum absolute atomic E-state index is 0.0202. The third-order valence-electron chi connectivity index (χ3n) is 4.18. The van der Waals surface area contributed by atoms with Gasteiger partial charge < -0.3 is 4.74 Å². The van der Waals surface area contributed by atoms with Crippen molar-refractivity contribution in [2.75, 3.05) is 19.7 Å². The van der Waals surface area contributed by atoms with Crippen LogP contribution in [0, 0.1) is 6.92 Å². The van der Waals surface area contributed by atoms with Gasteiger partial charge in [0.1, 0.15) is 4.90 Å². The molecule has 1 aromatic carbocycles. The maximum absolute atomic E-state index is 13.1. The van der Waals surface area contributed by atoms with Crippen molar-refractivity contribution >= 4 is 20.9 Å². The molecule has 0 aliphatic carbocycles. The molecule has 6 heteroatoms. The summed E-state index contributed by atoms with van der Waals surface area (Å²) in [6, 6.07) is 9.12. The first kappa shape index (κ1) is 16.4. The van der Waals surface area contributed by atoms with Crippen molar-refractivity contribution in [3.05, 3.63) is 36.0 Å². The van der Waals surface area contributed by atoms with Gasteiger partial charge in [-0.15, -0.1) is 0 Å². The first-order valence-corrected chi connectivity index (χ1v) is 9.44. The molecule has 1 aromatic heterocycles. The number of benzene rings is 1.